The molecule has 1 saturated heterocycles. The Morgan fingerprint density at radius 3 is 2.43 bits per heavy atom. The molecular formula is C25H44N2O. The Bertz CT molecular complexity index is 610. The summed E-state index contributed by atoms with van der Waals surface area (Å²) in [5.41, 5.74) is 1.25. The third kappa shape index (κ3) is 3.24. The van der Waals surface area contributed by atoms with Gasteiger partial charge in [-0.3, -0.25) is 4.79 Å². The van der Waals surface area contributed by atoms with Crippen LogP contribution in [0.2, 0.25) is 0 Å². The monoisotopic (exact) mass is 388 g/mol. The van der Waals surface area contributed by atoms with Crippen molar-refractivity contribution in [2.45, 2.75) is 104 Å². The van der Waals surface area contributed by atoms with E-state index in [0.717, 1.165) is 37.1 Å². The quantitative estimate of drug-likeness (QED) is 0.716. The molecule has 7 atom stereocenters. The van der Waals surface area contributed by atoms with Crippen LogP contribution in [-0.4, -0.2) is 36.5 Å². The fourth-order valence-electron chi connectivity index (χ4n) is 8.11. The summed E-state index contributed by atoms with van der Waals surface area (Å²) in [5, 5.41) is 4.00. The fraction of sp³-hybridized carbons (Fsp3) is 0.960. The molecule has 3 heteroatoms. The summed E-state index contributed by atoms with van der Waals surface area (Å²) in [4.78, 5) is 14.4. The van der Waals surface area contributed by atoms with E-state index in [1.165, 1.54) is 44.9 Å². The highest BCUT2D eigenvalue weighted by Crippen LogP contribution is 2.64. The summed E-state index contributed by atoms with van der Waals surface area (Å²) in [7, 11) is 2.07. The first-order valence-electron chi connectivity index (χ1n) is 12.1. The molecule has 0 bridgehead atoms. The van der Waals surface area contributed by atoms with Gasteiger partial charge in [-0.2, -0.15) is 0 Å². The largest absolute Gasteiger partial charge is 0.342 e. The average molecular weight is 389 g/mol. The molecule has 4 fully saturated rings. The van der Waals surface area contributed by atoms with Crippen LogP contribution in [0.25, 0.3) is 0 Å². The number of likely N-dealkylation sites (tertiary alicyclic amines) is 1. The van der Waals surface area contributed by atoms with E-state index in [1.54, 1.807) is 0 Å². The highest BCUT2D eigenvalue weighted by Gasteiger charge is 2.61. The molecule has 4 rings (SSSR count). The lowest BCUT2D eigenvalue weighted by atomic mass is 9.47. The van der Waals surface area contributed by atoms with Crippen LogP contribution in [0.5, 0.6) is 0 Å². The minimum atomic E-state index is 0.352. The average Bonchev–Trinajstić information content (AvgIpc) is 2.94. The maximum Gasteiger partial charge on any atom is 0.222 e. The summed E-state index contributed by atoms with van der Waals surface area (Å²) >= 11 is 0. The molecule has 3 nitrogen and oxygen atoms in total. The molecule has 0 spiro atoms. The highest BCUT2D eigenvalue weighted by molar-refractivity contribution is 5.77. The van der Waals surface area contributed by atoms with Gasteiger partial charge >= 0.3 is 0 Å². The van der Waals surface area contributed by atoms with Gasteiger partial charge in [0.05, 0.1) is 0 Å². The zero-order valence-corrected chi connectivity index (χ0v) is 19.3. The lowest BCUT2D eigenvalue weighted by molar-refractivity contribution is -0.157. The van der Waals surface area contributed by atoms with Gasteiger partial charge in [0.25, 0.3) is 0 Å². The molecule has 1 N–H and O–H groups in total. The van der Waals surface area contributed by atoms with Gasteiger partial charge < -0.3 is 10.2 Å². The third-order valence-corrected chi connectivity index (χ3v) is 9.82. The maximum atomic E-state index is 12.3. The third-order valence-electron chi connectivity index (χ3n) is 9.82. The Kier molecular flexibility index (Phi) is 5.17. The summed E-state index contributed by atoms with van der Waals surface area (Å²) in [6.07, 6.45) is 11.3. The normalized spacial score (nSPS) is 46.1. The molecular weight excluding hydrogens is 344 g/mol. The van der Waals surface area contributed by atoms with Crippen LogP contribution >= 0.6 is 0 Å². The Morgan fingerprint density at radius 1 is 1.00 bits per heavy atom. The number of hydrogen-bond donors (Lipinski definition) is 1. The van der Waals surface area contributed by atoms with Gasteiger partial charge in [0, 0.05) is 25.6 Å². The van der Waals surface area contributed by atoms with E-state index in [2.05, 4.69) is 51.9 Å². The van der Waals surface area contributed by atoms with Crippen LogP contribution in [0.4, 0.5) is 0 Å². The van der Waals surface area contributed by atoms with Crippen molar-refractivity contribution < 1.29 is 4.79 Å². The minimum absolute atomic E-state index is 0.352. The lowest BCUT2D eigenvalue weighted by Crippen LogP contribution is -2.61. The summed E-state index contributed by atoms with van der Waals surface area (Å²) in [6.45, 7) is 13.4. The molecule has 1 heterocycles. The molecule has 3 aliphatic carbocycles. The molecule has 3 saturated carbocycles. The lowest BCUT2D eigenvalue weighted by Gasteiger charge is -2.61. The van der Waals surface area contributed by atoms with Crippen LogP contribution in [0, 0.1) is 34.0 Å². The molecule has 1 amide bonds. The Labute approximate surface area is 173 Å². The molecule has 0 radical (unpaired) electrons. The van der Waals surface area contributed by atoms with E-state index in [9.17, 15) is 4.79 Å². The van der Waals surface area contributed by atoms with Gasteiger partial charge in [-0.1, -0.05) is 34.6 Å². The van der Waals surface area contributed by atoms with Gasteiger partial charge in [0.1, 0.15) is 0 Å². The van der Waals surface area contributed by atoms with Gasteiger partial charge in [0.15, 0.2) is 0 Å². The second-order valence-electron chi connectivity index (χ2n) is 12.4. The summed E-state index contributed by atoms with van der Waals surface area (Å²) < 4.78 is 0. The molecule has 0 aromatic carbocycles. The van der Waals surface area contributed by atoms with E-state index in [1.807, 2.05) is 0 Å². The molecule has 4 aliphatic rings. The van der Waals surface area contributed by atoms with Crippen molar-refractivity contribution in [1.82, 2.24) is 10.2 Å². The standard InChI is InChI=1S/C25H44N2O/c1-23(2,3)15-16-26-20-9-8-18-17-7-10-21-25(5,14-12-22(28)27(21)6)19(17)11-13-24(18,20)4/h17-21,26H,7-16H2,1-6H3/t17-,18-,19-,20-,21+,24-,25+/m0/s1. The van der Waals surface area contributed by atoms with Crippen LogP contribution < -0.4 is 5.32 Å². The Hall–Kier alpha value is -0.570. The van der Waals surface area contributed by atoms with E-state index in [4.69, 9.17) is 0 Å². The zero-order valence-electron chi connectivity index (χ0n) is 19.3. The van der Waals surface area contributed by atoms with Gasteiger partial charge in [-0.25, -0.2) is 0 Å². The van der Waals surface area contributed by atoms with Crippen molar-refractivity contribution >= 4 is 5.91 Å². The van der Waals surface area contributed by atoms with Crippen LogP contribution in [0.1, 0.15) is 92.4 Å². The number of amides is 1. The number of nitrogens with zero attached hydrogens (tertiary/aromatic N) is 1. The smallest absolute Gasteiger partial charge is 0.222 e. The fourth-order valence-corrected chi connectivity index (χ4v) is 8.11. The second kappa shape index (κ2) is 7.00. The molecule has 0 unspecified atom stereocenters. The van der Waals surface area contributed by atoms with E-state index in [0.29, 0.717) is 34.2 Å². The van der Waals surface area contributed by atoms with Crippen molar-refractivity contribution in [2.24, 2.45) is 34.0 Å². The number of carbonyl (C=O) groups excluding carboxylic acids is 1. The van der Waals surface area contributed by atoms with Crippen molar-refractivity contribution in [3.63, 3.8) is 0 Å². The molecule has 28 heavy (non-hydrogen) atoms. The van der Waals surface area contributed by atoms with E-state index in [-0.39, 0.29) is 0 Å². The Morgan fingerprint density at radius 2 is 1.71 bits per heavy atom. The van der Waals surface area contributed by atoms with Gasteiger partial charge in [-0.05, 0) is 91.9 Å². The summed E-state index contributed by atoms with van der Waals surface area (Å²) in [6, 6.07) is 1.20. The summed E-state index contributed by atoms with van der Waals surface area (Å²) in [5.74, 6) is 2.98. The predicted octanol–water partition coefficient (Wildman–Crippen LogP) is 5.24. The predicted molar refractivity (Wildman–Crippen MR) is 116 cm³/mol. The number of hydrogen-bond acceptors (Lipinski definition) is 2. The van der Waals surface area contributed by atoms with Crippen molar-refractivity contribution in [3.05, 3.63) is 0 Å². The van der Waals surface area contributed by atoms with Crippen molar-refractivity contribution in [3.8, 4) is 0 Å². The van der Waals surface area contributed by atoms with Crippen LogP contribution in [-0.2, 0) is 4.79 Å². The number of rotatable bonds is 3. The Balaban J connectivity index is 1.48. The minimum Gasteiger partial charge on any atom is -0.342 e. The van der Waals surface area contributed by atoms with Crippen LogP contribution in [0.3, 0.4) is 0 Å². The van der Waals surface area contributed by atoms with Crippen LogP contribution in [0.15, 0.2) is 0 Å². The molecule has 0 aromatic heterocycles. The topological polar surface area (TPSA) is 32.3 Å². The molecule has 160 valence electrons. The first kappa shape index (κ1) is 20.7. The number of fused-ring (bicyclic) bond motifs is 5. The van der Waals surface area contributed by atoms with Crippen molar-refractivity contribution in [1.29, 1.82) is 0 Å². The molecule has 1 aliphatic heterocycles. The number of carbonyl (C=O) groups is 1. The van der Waals surface area contributed by atoms with Crippen molar-refractivity contribution in [2.75, 3.05) is 13.6 Å². The number of nitrogens with one attached hydrogen (secondary N) is 1. The van der Waals surface area contributed by atoms with E-state index < -0.39 is 0 Å². The highest BCUT2D eigenvalue weighted by atomic mass is 16.2. The second-order valence-corrected chi connectivity index (χ2v) is 12.4. The van der Waals surface area contributed by atoms with Gasteiger partial charge in [-0.15, -0.1) is 0 Å². The first-order valence-corrected chi connectivity index (χ1v) is 12.1. The van der Waals surface area contributed by atoms with Gasteiger partial charge in [0.2, 0.25) is 5.91 Å². The zero-order chi connectivity index (χ0) is 20.3. The van der Waals surface area contributed by atoms with E-state index >= 15 is 0 Å². The molecule has 0 aromatic rings. The number of piperidine rings is 1. The SMILES string of the molecule is CN1C(=O)CC[C@]2(C)[C@H]3CC[C@]4(C)[C@@H](NCCC(C)(C)C)CC[C@H]4[C@@H]3CC[C@@H]12. The first-order chi connectivity index (χ1) is 13.1. The maximum absolute atomic E-state index is 12.3.